The highest BCUT2D eigenvalue weighted by atomic mass is 16.5. The molecule has 3 N–H and O–H groups in total. The number of anilines is 1. The number of aromatic nitrogens is 2. The van der Waals surface area contributed by atoms with Crippen molar-refractivity contribution in [1.82, 2.24) is 9.97 Å². The maximum atomic E-state index is 9.02. The minimum absolute atomic E-state index is 0.0202. The van der Waals surface area contributed by atoms with E-state index in [-0.39, 0.29) is 17.4 Å². The molecule has 1 rings (SSSR count). The third-order valence-corrected chi connectivity index (χ3v) is 1.01. The van der Waals surface area contributed by atoms with Crippen LogP contribution in [-0.2, 0) is 0 Å². The summed E-state index contributed by atoms with van der Waals surface area (Å²) in [7, 11) is 1.39. The van der Waals surface area contributed by atoms with Crippen LogP contribution < -0.4 is 10.5 Å². The Hall–Kier alpha value is -1.52. The number of nitrogens with two attached hydrogens (primary N) is 1. The molecule has 0 aliphatic carbocycles. The van der Waals surface area contributed by atoms with Gasteiger partial charge in [-0.25, -0.2) is 4.98 Å². The van der Waals surface area contributed by atoms with E-state index in [1.165, 1.54) is 13.4 Å². The Balaban J connectivity index is 3.14. The molecule has 5 heteroatoms. The van der Waals surface area contributed by atoms with E-state index in [4.69, 9.17) is 10.8 Å². The maximum Gasteiger partial charge on any atom is 0.262 e. The van der Waals surface area contributed by atoms with Crippen LogP contribution in [0.25, 0.3) is 0 Å². The molecule has 0 aliphatic rings. The maximum absolute atomic E-state index is 9.02. The largest absolute Gasteiger partial charge is 0.501 e. The van der Waals surface area contributed by atoms with Gasteiger partial charge in [0, 0.05) is 0 Å². The first kappa shape index (κ1) is 6.60. The van der Waals surface area contributed by atoms with Crippen LogP contribution in [0, 0.1) is 0 Å². The molecule has 0 atom stereocenters. The number of hydrogen-bond donors (Lipinski definition) is 2. The predicted octanol–water partition coefficient (Wildman–Crippen LogP) is -0.227. The molecule has 0 amide bonds. The molecular formula is C5H7N3O2. The van der Waals surface area contributed by atoms with E-state index in [9.17, 15) is 0 Å². The van der Waals surface area contributed by atoms with Crippen LogP contribution in [0.3, 0.4) is 0 Å². The second-order valence-corrected chi connectivity index (χ2v) is 1.62. The normalized spacial score (nSPS) is 9.30. The van der Waals surface area contributed by atoms with E-state index >= 15 is 0 Å². The van der Waals surface area contributed by atoms with Crippen LogP contribution >= 0.6 is 0 Å². The highest BCUT2D eigenvalue weighted by Crippen LogP contribution is 2.25. The first-order chi connectivity index (χ1) is 4.75. The van der Waals surface area contributed by atoms with Crippen LogP contribution in [0.5, 0.6) is 11.6 Å². The van der Waals surface area contributed by atoms with Crippen molar-refractivity contribution in [2.75, 3.05) is 12.8 Å². The summed E-state index contributed by atoms with van der Waals surface area (Å²) in [5.41, 5.74) is 5.22. The summed E-state index contributed by atoms with van der Waals surface area (Å²) in [6, 6.07) is 0. The van der Waals surface area contributed by atoms with Crippen molar-refractivity contribution in [3.8, 4) is 11.6 Å². The number of nitrogens with zero attached hydrogens (tertiary/aromatic N) is 2. The molecule has 0 radical (unpaired) electrons. The quantitative estimate of drug-likeness (QED) is 0.564. The molecule has 10 heavy (non-hydrogen) atoms. The van der Waals surface area contributed by atoms with Crippen molar-refractivity contribution < 1.29 is 9.84 Å². The Morgan fingerprint density at radius 2 is 2.30 bits per heavy atom. The summed E-state index contributed by atoms with van der Waals surface area (Å²) in [6.45, 7) is 0. The topological polar surface area (TPSA) is 81.3 Å². The Kier molecular flexibility index (Phi) is 1.57. The first-order valence-electron chi connectivity index (χ1n) is 2.59. The van der Waals surface area contributed by atoms with E-state index < -0.39 is 0 Å². The first-order valence-corrected chi connectivity index (χ1v) is 2.59. The average Bonchev–Trinajstić information content (AvgIpc) is 1.95. The highest BCUT2D eigenvalue weighted by Gasteiger charge is 2.05. The van der Waals surface area contributed by atoms with E-state index in [1.807, 2.05) is 0 Å². The van der Waals surface area contributed by atoms with Crippen LogP contribution in [-0.4, -0.2) is 22.2 Å². The third-order valence-electron chi connectivity index (χ3n) is 1.01. The predicted molar refractivity (Wildman–Crippen MR) is 34.7 cm³/mol. The zero-order valence-corrected chi connectivity index (χ0v) is 5.40. The third kappa shape index (κ3) is 0.928. The number of methoxy groups -OCH3 is 1. The van der Waals surface area contributed by atoms with Gasteiger partial charge in [-0.2, -0.15) is 4.98 Å². The second-order valence-electron chi connectivity index (χ2n) is 1.62. The van der Waals surface area contributed by atoms with Gasteiger partial charge in [-0.3, -0.25) is 0 Å². The molecule has 1 aromatic rings. The second kappa shape index (κ2) is 2.38. The van der Waals surface area contributed by atoms with Gasteiger partial charge >= 0.3 is 0 Å². The van der Waals surface area contributed by atoms with Gasteiger partial charge in [-0.15, -0.1) is 0 Å². The molecule has 1 aromatic heterocycles. The molecule has 0 bridgehead atoms. The van der Waals surface area contributed by atoms with Crippen molar-refractivity contribution >= 4 is 5.82 Å². The molecule has 0 aliphatic heterocycles. The summed E-state index contributed by atoms with van der Waals surface area (Å²) < 4.78 is 4.64. The molecule has 0 spiro atoms. The van der Waals surface area contributed by atoms with Crippen LogP contribution in [0.15, 0.2) is 6.33 Å². The molecule has 54 valence electrons. The summed E-state index contributed by atoms with van der Waals surface area (Å²) in [6.07, 6.45) is 1.22. The summed E-state index contributed by atoms with van der Waals surface area (Å²) in [4.78, 5) is 7.12. The van der Waals surface area contributed by atoms with Crippen LogP contribution in [0.1, 0.15) is 0 Å². The SMILES string of the molecule is COc1ncnc(N)c1O. The van der Waals surface area contributed by atoms with E-state index in [2.05, 4.69) is 14.7 Å². The molecule has 0 saturated heterocycles. The molecule has 5 nitrogen and oxygen atoms in total. The van der Waals surface area contributed by atoms with Gasteiger partial charge < -0.3 is 15.6 Å². The summed E-state index contributed by atoms with van der Waals surface area (Å²) in [5, 5.41) is 9.02. The van der Waals surface area contributed by atoms with Crippen LogP contribution in [0.4, 0.5) is 5.82 Å². The number of ether oxygens (including phenoxy) is 1. The Morgan fingerprint density at radius 3 is 2.80 bits per heavy atom. The lowest BCUT2D eigenvalue weighted by molar-refractivity contribution is 0.358. The Bertz CT molecular complexity index is 238. The number of aromatic hydroxyl groups is 1. The zero-order valence-electron chi connectivity index (χ0n) is 5.40. The van der Waals surface area contributed by atoms with Gasteiger partial charge in [0.15, 0.2) is 5.82 Å². The standard InChI is InChI=1S/C5H7N3O2/c1-10-5-3(9)4(6)7-2-8-5/h2,9H,1H3,(H2,6,7,8). The lowest BCUT2D eigenvalue weighted by Gasteiger charge is -2.00. The minimum atomic E-state index is -0.218. The minimum Gasteiger partial charge on any atom is -0.501 e. The van der Waals surface area contributed by atoms with Gasteiger partial charge in [-0.1, -0.05) is 0 Å². The summed E-state index contributed by atoms with van der Waals surface area (Å²) in [5.74, 6) is -0.107. The van der Waals surface area contributed by atoms with Crippen LogP contribution in [0.2, 0.25) is 0 Å². The molecule has 0 unspecified atom stereocenters. The smallest absolute Gasteiger partial charge is 0.262 e. The highest BCUT2D eigenvalue weighted by molar-refractivity contribution is 5.49. The Morgan fingerprint density at radius 1 is 1.60 bits per heavy atom. The van der Waals surface area contributed by atoms with Crippen molar-refractivity contribution in [2.45, 2.75) is 0 Å². The van der Waals surface area contributed by atoms with E-state index in [0.29, 0.717) is 0 Å². The molecule has 1 heterocycles. The number of rotatable bonds is 1. The van der Waals surface area contributed by atoms with Gasteiger partial charge in [0.25, 0.3) is 5.88 Å². The summed E-state index contributed by atoms with van der Waals surface area (Å²) >= 11 is 0. The van der Waals surface area contributed by atoms with Gasteiger partial charge in [0.2, 0.25) is 5.75 Å². The number of nitrogen functional groups attached to an aromatic ring is 1. The fourth-order valence-corrected chi connectivity index (χ4v) is 0.525. The lowest BCUT2D eigenvalue weighted by atomic mass is 10.5. The van der Waals surface area contributed by atoms with Gasteiger partial charge in [0.05, 0.1) is 7.11 Å². The van der Waals surface area contributed by atoms with Gasteiger partial charge in [-0.05, 0) is 0 Å². The molecule has 0 aromatic carbocycles. The Labute approximate surface area is 57.5 Å². The molecule has 0 fully saturated rings. The van der Waals surface area contributed by atoms with Crippen molar-refractivity contribution in [3.05, 3.63) is 6.33 Å². The fourth-order valence-electron chi connectivity index (χ4n) is 0.525. The molecule has 0 saturated carbocycles. The monoisotopic (exact) mass is 141 g/mol. The lowest BCUT2D eigenvalue weighted by Crippen LogP contribution is -1.95. The van der Waals surface area contributed by atoms with E-state index in [1.54, 1.807) is 0 Å². The van der Waals surface area contributed by atoms with Crippen molar-refractivity contribution in [1.29, 1.82) is 0 Å². The van der Waals surface area contributed by atoms with Crippen molar-refractivity contribution in [3.63, 3.8) is 0 Å². The molecular weight excluding hydrogens is 134 g/mol. The zero-order chi connectivity index (χ0) is 7.56. The number of hydrogen-bond acceptors (Lipinski definition) is 5. The fraction of sp³-hybridized carbons (Fsp3) is 0.200. The average molecular weight is 141 g/mol. The van der Waals surface area contributed by atoms with Crippen molar-refractivity contribution in [2.24, 2.45) is 0 Å². The van der Waals surface area contributed by atoms with Gasteiger partial charge in [0.1, 0.15) is 6.33 Å². The van der Waals surface area contributed by atoms with E-state index in [0.717, 1.165) is 0 Å².